The standard InChI is InChI=1S/C18H18FN3O2S2/c1-3-11(2)22-17(24)16-14(8-9-25-16)21-18(22)26-10-15(23)20-13-7-5-4-6-12(13)19/h4-9,11H,3,10H2,1-2H3,(H,20,23). The molecule has 8 heteroatoms. The van der Waals surface area contributed by atoms with Crippen molar-refractivity contribution < 1.29 is 9.18 Å². The molecule has 136 valence electrons. The molecule has 26 heavy (non-hydrogen) atoms. The second-order valence-corrected chi connectivity index (χ2v) is 7.64. The van der Waals surface area contributed by atoms with Gasteiger partial charge in [0, 0.05) is 6.04 Å². The molecule has 0 radical (unpaired) electrons. The van der Waals surface area contributed by atoms with E-state index in [1.54, 1.807) is 22.8 Å². The van der Waals surface area contributed by atoms with Crippen LogP contribution in [0.3, 0.4) is 0 Å². The van der Waals surface area contributed by atoms with E-state index < -0.39 is 5.82 Å². The average molecular weight is 391 g/mol. The molecule has 0 spiro atoms. The number of thiophene rings is 1. The van der Waals surface area contributed by atoms with E-state index in [1.165, 1.54) is 35.2 Å². The lowest BCUT2D eigenvalue weighted by molar-refractivity contribution is -0.113. The molecule has 1 N–H and O–H groups in total. The second kappa shape index (κ2) is 8.01. The van der Waals surface area contributed by atoms with E-state index in [-0.39, 0.29) is 28.9 Å². The van der Waals surface area contributed by atoms with Crippen molar-refractivity contribution in [3.05, 3.63) is 51.9 Å². The first-order chi connectivity index (χ1) is 12.5. The Hall–Kier alpha value is -2.19. The van der Waals surface area contributed by atoms with Crippen molar-refractivity contribution in [3.63, 3.8) is 0 Å². The molecule has 0 aliphatic rings. The van der Waals surface area contributed by atoms with Crippen molar-refractivity contribution >= 4 is 44.9 Å². The first kappa shape index (κ1) is 18.6. The molecule has 5 nitrogen and oxygen atoms in total. The highest BCUT2D eigenvalue weighted by Crippen LogP contribution is 2.24. The highest BCUT2D eigenvalue weighted by molar-refractivity contribution is 7.99. The Labute approximate surface area is 158 Å². The number of benzene rings is 1. The van der Waals surface area contributed by atoms with Gasteiger partial charge >= 0.3 is 0 Å². The topological polar surface area (TPSA) is 64.0 Å². The average Bonchev–Trinajstić information content (AvgIpc) is 3.10. The quantitative estimate of drug-likeness (QED) is 0.503. The van der Waals surface area contributed by atoms with Gasteiger partial charge in [0.05, 0.1) is 17.0 Å². The minimum absolute atomic E-state index is 0.0290. The van der Waals surface area contributed by atoms with E-state index in [9.17, 15) is 14.0 Å². The van der Waals surface area contributed by atoms with Crippen molar-refractivity contribution in [2.75, 3.05) is 11.1 Å². The van der Waals surface area contributed by atoms with Crippen LogP contribution in [-0.2, 0) is 4.79 Å². The molecular weight excluding hydrogens is 373 g/mol. The van der Waals surface area contributed by atoms with Crippen molar-refractivity contribution in [2.45, 2.75) is 31.5 Å². The van der Waals surface area contributed by atoms with Gasteiger partial charge in [0.15, 0.2) is 5.16 Å². The number of thioether (sulfide) groups is 1. The number of fused-ring (bicyclic) bond motifs is 1. The number of hydrogen-bond acceptors (Lipinski definition) is 5. The van der Waals surface area contributed by atoms with E-state index >= 15 is 0 Å². The third-order valence-electron chi connectivity index (χ3n) is 3.99. The molecule has 0 bridgehead atoms. The van der Waals surface area contributed by atoms with E-state index in [0.717, 1.165) is 6.42 Å². The Balaban J connectivity index is 1.83. The van der Waals surface area contributed by atoms with Crippen LogP contribution in [-0.4, -0.2) is 21.2 Å². The molecular formula is C18H18FN3O2S2. The summed E-state index contributed by atoms with van der Waals surface area (Å²) in [6.45, 7) is 3.95. The molecule has 2 heterocycles. The summed E-state index contributed by atoms with van der Waals surface area (Å²) in [4.78, 5) is 29.5. The van der Waals surface area contributed by atoms with Crippen molar-refractivity contribution in [3.8, 4) is 0 Å². The number of carbonyl (C=O) groups excluding carboxylic acids is 1. The molecule has 1 amide bonds. The predicted molar refractivity (Wildman–Crippen MR) is 105 cm³/mol. The van der Waals surface area contributed by atoms with Crippen LogP contribution in [0.4, 0.5) is 10.1 Å². The van der Waals surface area contributed by atoms with Gasteiger partial charge in [-0.2, -0.15) is 0 Å². The minimum Gasteiger partial charge on any atom is -0.323 e. The summed E-state index contributed by atoms with van der Waals surface area (Å²) in [5.41, 5.74) is 0.687. The fourth-order valence-corrected chi connectivity index (χ4v) is 4.12. The van der Waals surface area contributed by atoms with Crippen LogP contribution < -0.4 is 10.9 Å². The van der Waals surface area contributed by atoms with Gasteiger partial charge in [-0.05, 0) is 36.9 Å². The zero-order valence-electron chi connectivity index (χ0n) is 14.4. The van der Waals surface area contributed by atoms with Crippen molar-refractivity contribution in [1.82, 2.24) is 9.55 Å². The van der Waals surface area contributed by atoms with Crippen LogP contribution in [0, 0.1) is 5.82 Å². The molecule has 1 atom stereocenters. The number of anilines is 1. The third-order valence-corrected chi connectivity index (χ3v) is 5.84. The van der Waals surface area contributed by atoms with Gasteiger partial charge in [-0.15, -0.1) is 11.3 Å². The van der Waals surface area contributed by atoms with E-state index in [2.05, 4.69) is 10.3 Å². The highest BCUT2D eigenvalue weighted by atomic mass is 32.2. The Morgan fingerprint density at radius 2 is 2.15 bits per heavy atom. The van der Waals surface area contributed by atoms with Crippen LogP contribution >= 0.6 is 23.1 Å². The van der Waals surface area contributed by atoms with Gasteiger partial charge < -0.3 is 5.32 Å². The number of hydrogen-bond donors (Lipinski definition) is 1. The number of nitrogens with one attached hydrogen (secondary N) is 1. The van der Waals surface area contributed by atoms with Crippen LogP contribution in [0.5, 0.6) is 0 Å². The summed E-state index contributed by atoms with van der Waals surface area (Å²) in [5, 5.41) is 4.87. The Morgan fingerprint density at radius 1 is 1.38 bits per heavy atom. The Bertz CT molecular complexity index is 1000. The number of rotatable bonds is 6. The van der Waals surface area contributed by atoms with Gasteiger partial charge in [0.25, 0.3) is 5.56 Å². The lowest BCUT2D eigenvalue weighted by atomic mass is 10.2. The van der Waals surface area contributed by atoms with E-state index in [0.29, 0.717) is 15.4 Å². The highest BCUT2D eigenvalue weighted by Gasteiger charge is 2.17. The molecule has 0 fully saturated rings. The van der Waals surface area contributed by atoms with Gasteiger partial charge in [-0.25, -0.2) is 9.37 Å². The van der Waals surface area contributed by atoms with Gasteiger partial charge in [0.2, 0.25) is 5.91 Å². The molecule has 0 aliphatic carbocycles. The number of nitrogens with zero attached hydrogens (tertiary/aromatic N) is 2. The maximum absolute atomic E-state index is 13.6. The molecule has 0 saturated heterocycles. The van der Waals surface area contributed by atoms with Gasteiger partial charge in [-0.3, -0.25) is 14.2 Å². The number of aromatic nitrogens is 2. The lowest BCUT2D eigenvalue weighted by Gasteiger charge is -2.17. The Kier molecular flexibility index (Phi) is 5.73. The number of amides is 1. The molecule has 3 rings (SSSR count). The minimum atomic E-state index is -0.486. The number of carbonyl (C=O) groups is 1. The van der Waals surface area contributed by atoms with Gasteiger partial charge in [-0.1, -0.05) is 30.8 Å². The van der Waals surface area contributed by atoms with Crippen LogP contribution in [0.1, 0.15) is 26.3 Å². The maximum Gasteiger partial charge on any atom is 0.272 e. The SMILES string of the molecule is CCC(C)n1c(SCC(=O)Nc2ccccc2F)nc2ccsc2c1=O. The first-order valence-electron chi connectivity index (χ1n) is 8.18. The molecule has 1 unspecified atom stereocenters. The summed E-state index contributed by atoms with van der Waals surface area (Å²) in [6, 6.07) is 7.77. The molecule has 0 saturated carbocycles. The lowest BCUT2D eigenvalue weighted by Crippen LogP contribution is -2.26. The normalized spacial score (nSPS) is 12.3. The number of para-hydroxylation sites is 1. The summed E-state index contributed by atoms with van der Waals surface area (Å²) < 4.78 is 15.9. The van der Waals surface area contributed by atoms with Crippen molar-refractivity contribution in [2.24, 2.45) is 0 Å². The Morgan fingerprint density at radius 3 is 2.88 bits per heavy atom. The van der Waals surface area contributed by atoms with Crippen LogP contribution in [0.15, 0.2) is 45.7 Å². The second-order valence-electron chi connectivity index (χ2n) is 5.78. The predicted octanol–water partition coefficient (Wildman–Crippen LogP) is 4.30. The summed E-state index contributed by atoms with van der Waals surface area (Å²) in [5.74, 6) is -0.803. The zero-order chi connectivity index (χ0) is 18.7. The fourth-order valence-electron chi connectivity index (χ4n) is 2.46. The van der Waals surface area contributed by atoms with Crippen LogP contribution in [0.2, 0.25) is 0 Å². The molecule has 0 aliphatic heterocycles. The number of halogens is 1. The van der Waals surface area contributed by atoms with Gasteiger partial charge in [0.1, 0.15) is 10.5 Å². The summed E-state index contributed by atoms with van der Waals surface area (Å²) in [6.07, 6.45) is 0.771. The third kappa shape index (κ3) is 3.81. The smallest absolute Gasteiger partial charge is 0.272 e. The largest absolute Gasteiger partial charge is 0.323 e. The molecule has 2 aromatic heterocycles. The van der Waals surface area contributed by atoms with Crippen molar-refractivity contribution in [1.29, 1.82) is 0 Å². The monoisotopic (exact) mass is 391 g/mol. The molecule has 1 aromatic carbocycles. The first-order valence-corrected chi connectivity index (χ1v) is 10.0. The summed E-state index contributed by atoms with van der Waals surface area (Å²) >= 11 is 2.54. The van der Waals surface area contributed by atoms with E-state index in [4.69, 9.17) is 0 Å². The zero-order valence-corrected chi connectivity index (χ0v) is 16.0. The van der Waals surface area contributed by atoms with E-state index in [1.807, 2.05) is 19.2 Å². The molecule has 3 aromatic rings. The van der Waals surface area contributed by atoms with Crippen LogP contribution in [0.25, 0.3) is 10.2 Å². The maximum atomic E-state index is 13.6. The fraction of sp³-hybridized carbons (Fsp3) is 0.278. The summed E-state index contributed by atoms with van der Waals surface area (Å²) in [7, 11) is 0.